The van der Waals surface area contributed by atoms with Gasteiger partial charge in [0.1, 0.15) is 0 Å². The average molecular weight is 458 g/mol. The van der Waals surface area contributed by atoms with Gasteiger partial charge >= 0.3 is 17.9 Å². The first-order valence-electron chi connectivity index (χ1n) is 8.29. The molecule has 0 aliphatic rings. The zero-order valence-corrected chi connectivity index (χ0v) is 16.5. The predicted molar refractivity (Wildman–Crippen MR) is 98.1 cm³/mol. The van der Waals surface area contributed by atoms with E-state index in [1.54, 1.807) is 29.0 Å². The van der Waals surface area contributed by atoms with Gasteiger partial charge in [-0.1, -0.05) is 18.2 Å². The van der Waals surface area contributed by atoms with Gasteiger partial charge < -0.3 is 32.3 Å². The third-order valence-electron chi connectivity index (χ3n) is 4.22. The number of aromatic nitrogens is 1. The second-order valence-corrected chi connectivity index (χ2v) is 6.12. The van der Waals surface area contributed by atoms with Gasteiger partial charge in [-0.3, -0.25) is 0 Å². The Kier molecular flexibility index (Phi) is 6.84. The van der Waals surface area contributed by atoms with Crippen LogP contribution < -0.4 is 21.5 Å². The van der Waals surface area contributed by atoms with E-state index in [1.807, 2.05) is 12.1 Å². The highest BCUT2D eigenvalue weighted by molar-refractivity contribution is 5.94. The molecule has 3 rings (SSSR count). The number of pyridine rings is 1. The highest BCUT2D eigenvalue weighted by Crippen LogP contribution is 2.14. The number of aromatic carboxylic acids is 3. The summed E-state index contributed by atoms with van der Waals surface area (Å²) in [4.78, 5) is 33.7. The molecule has 0 amide bonds. The summed E-state index contributed by atoms with van der Waals surface area (Å²) >= 11 is 0. The van der Waals surface area contributed by atoms with Crippen molar-refractivity contribution in [1.29, 1.82) is 0 Å². The fraction of sp³-hybridized carbons (Fsp3) is 0.0476. The molecule has 0 fully saturated rings. The maximum Gasteiger partial charge on any atom is 0.335 e. The fourth-order valence-electron chi connectivity index (χ4n) is 2.85. The van der Waals surface area contributed by atoms with Gasteiger partial charge in [0.2, 0.25) is 5.69 Å². The number of carbonyl (C=O) groups is 3. The van der Waals surface area contributed by atoms with Crippen molar-refractivity contribution in [2.75, 3.05) is 0 Å². The fourth-order valence-corrected chi connectivity index (χ4v) is 2.85. The Hall–Kier alpha value is -3.52. The van der Waals surface area contributed by atoms with Gasteiger partial charge in [0, 0.05) is 24.3 Å². The van der Waals surface area contributed by atoms with Gasteiger partial charge in [-0.2, -0.15) is 4.57 Å². The first-order chi connectivity index (χ1) is 13.3. The van der Waals surface area contributed by atoms with Gasteiger partial charge in [0.25, 0.3) is 0 Å². The normalized spacial score (nSPS) is 10.1. The Morgan fingerprint density at radius 2 is 1.28 bits per heavy atom. The summed E-state index contributed by atoms with van der Waals surface area (Å²) in [7, 11) is 0. The van der Waals surface area contributed by atoms with Crippen LogP contribution in [0.15, 0.2) is 66.9 Å². The minimum atomic E-state index is -1.22. The third-order valence-corrected chi connectivity index (χ3v) is 4.22. The molecule has 0 bridgehead atoms. The molecule has 0 saturated heterocycles. The van der Waals surface area contributed by atoms with E-state index in [0.717, 1.165) is 17.3 Å². The summed E-state index contributed by atoms with van der Waals surface area (Å²) in [6, 6.07) is 15.8. The highest BCUT2D eigenvalue weighted by Gasteiger charge is 2.19. The van der Waals surface area contributed by atoms with E-state index >= 15 is 0 Å². The SMILES string of the molecule is O=C(O)c1ccc(Cc2cccc[n+]2-c2cc(C(=O)O)cc(C(=O)O)c2)cc1.[Br-]. The summed E-state index contributed by atoms with van der Waals surface area (Å²) in [6.07, 6.45) is 2.16. The van der Waals surface area contributed by atoms with E-state index in [1.165, 1.54) is 24.3 Å². The van der Waals surface area contributed by atoms with Crippen molar-refractivity contribution in [1.82, 2.24) is 0 Å². The topological polar surface area (TPSA) is 116 Å². The molecule has 0 spiro atoms. The van der Waals surface area contributed by atoms with Crippen molar-refractivity contribution < 1.29 is 51.3 Å². The summed E-state index contributed by atoms with van der Waals surface area (Å²) < 4.78 is 1.71. The van der Waals surface area contributed by atoms with E-state index in [2.05, 4.69) is 0 Å². The number of benzene rings is 2. The molecule has 0 radical (unpaired) electrons. The largest absolute Gasteiger partial charge is 1.00 e. The van der Waals surface area contributed by atoms with Gasteiger partial charge in [-0.25, -0.2) is 14.4 Å². The Morgan fingerprint density at radius 3 is 1.79 bits per heavy atom. The number of hydrogen-bond donors (Lipinski definition) is 3. The minimum absolute atomic E-state index is 0. The summed E-state index contributed by atoms with van der Waals surface area (Å²) in [5, 5.41) is 27.6. The molecule has 3 aromatic rings. The van der Waals surface area contributed by atoms with Crippen molar-refractivity contribution in [3.63, 3.8) is 0 Å². The molecule has 3 N–H and O–H groups in total. The molecule has 0 aliphatic heterocycles. The molecule has 2 aromatic carbocycles. The lowest BCUT2D eigenvalue weighted by Crippen LogP contribution is -3.00. The monoisotopic (exact) mass is 457 g/mol. The molecule has 1 heterocycles. The second kappa shape index (κ2) is 9.11. The van der Waals surface area contributed by atoms with Gasteiger partial charge in [-0.05, 0) is 23.8 Å². The van der Waals surface area contributed by atoms with E-state index in [-0.39, 0.29) is 33.7 Å². The van der Waals surface area contributed by atoms with Gasteiger partial charge in [-0.15, -0.1) is 0 Å². The number of carboxylic acids is 3. The number of nitrogens with zero attached hydrogens (tertiary/aromatic N) is 1. The number of rotatable bonds is 6. The van der Waals surface area contributed by atoms with Crippen LogP contribution in [0.4, 0.5) is 0 Å². The van der Waals surface area contributed by atoms with Crippen LogP contribution in [0.3, 0.4) is 0 Å². The lowest BCUT2D eigenvalue weighted by Gasteiger charge is -2.06. The van der Waals surface area contributed by atoms with Crippen LogP contribution in [0, 0.1) is 0 Å². The Labute approximate surface area is 176 Å². The highest BCUT2D eigenvalue weighted by atomic mass is 79.9. The van der Waals surface area contributed by atoms with Crippen molar-refractivity contribution >= 4 is 17.9 Å². The van der Waals surface area contributed by atoms with Crippen LogP contribution in [0.5, 0.6) is 0 Å². The summed E-state index contributed by atoms with van der Waals surface area (Å²) in [6.45, 7) is 0. The smallest absolute Gasteiger partial charge is 0.335 e. The van der Waals surface area contributed by atoms with Crippen LogP contribution in [0.1, 0.15) is 42.3 Å². The first kappa shape index (κ1) is 21.8. The molecule has 1 aromatic heterocycles. The van der Waals surface area contributed by atoms with Crippen LogP contribution in [0.25, 0.3) is 5.69 Å². The van der Waals surface area contributed by atoms with E-state index in [0.29, 0.717) is 12.1 Å². The van der Waals surface area contributed by atoms with Crippen molar-refractivity contribution in [2.24, 2.45) is 0 Å². The Morgan fingerprint density at radius 1 is 0.724 bits per heavy atom. The Bertz CT molecular complexity index is 1050. The van der Waals surface area contributed by atoms with Crippen molar-refractivity contribution in [2.45, 2.75) is 6.42 Å². The van der Waals surface area contributed by atoms with Gasteiger partial charge in [0.15, 0.2) is 11.9 Å². The molecular formula is C21H16BrNO6. The maximum absolute atomic E-state index is 11.4. The standard InChI is InChI=1S/C21H15NO6.BrH/c23-19(24)14-6-4-13(5-7-14)9-17-3-1-2-8-22(17)18-11-15(20(25)26)10-16(12-18)21(27)28;/h1-8,10-12H,9H2,(H2-,23,24,25,26,27,28);1H. The predicted octanol–water partition coefficient (Wildman–Crippen LogP) is -0.347. The van der Waals surface area contributed by atoms with Crippen LogP contribution in [-0.2, 0) is 6.42 Å². The lowest BCUT2D eigenvalue weighted by atomic mass is 10.1. The summed E-state index contributed by atoms with van der Waals surface area (Å²) in [5.74, 6) is -3.44. The molecule has 0 unspecified atom stereocenters. The maximum atomic E-state index is 11.4. The first-order valence-corrected chi connectivity index (χ1v) is 8.29. The third kappa shape index (κ3) is 5.05. The molecule has 148 valence electrons. The lowest BCUT2D eigenvalue weighted by molar-refractivity contribution is -0.604. The van der Waals surface area contributed by atoms with Crippen molar-refractivity contribution in [3.8, 4) is 5.69 Å². The molecule has 7 nitrogen and oxygen atoms in total. The molecular weight excluding hydrogens is 442 g/mol. The average Bonchev–Trinajstić information content (AvgIpc) is 2.68. The van der Waals surface area contributed by atoms with Crippen LogP contribution in [0.2, 0.25) is 0 Å². The molecule has 29 heavy (non-hydrogen) atoms. The molecule has 0 saturated carbocycles. The Balaban J connectivity index is 0.00000300. The zero-order valence-electron chi connectivity index (χ0n) is 14.9. The molecule has 0 atom stereocenters. The zero-order chi connectivity index (χ0) is 20.3. The van der Waals surface area contributed by atoms with Crippen molar-refractivity contribution in [3.05, 3.63) is 94.8 Å². The number of hydrogen-bond acceptors (Lipinski definition) is 3. The number of carboxylic acid groups (broad SMARTS) is 3. The second-order valence-electron chi connectivity index (χ2n) is 6.12. The van der Waals surface area contributed by atoms with E-state index < -0.39 is 17.9 Å². The van der Waals surface area contributed by atoms with Crippen LogP contribution in [-0.4, -0.2) is 33.2 Å². The van der Waals surface area contributed by atoms with E-state index in [9.17, 15) is 24.6 Å². The van der Waals surface area contributed by atoms with Crippen LogP contribution >= 0.6 is 0 Å². The van der Waals surface area contributed by atoms with Gasteiger partial charge in [0.05, 0.1) is 23.1 Å². The quantitative estimate of drug-likeness (QED) is 0.436. The minimum Gasteiger partial charge on any atom is -1.00 e. The van der Waals surface area contributed by atoms with E-state index in [4.69, 9.17) is 5.11 Å². The molecule has 8 heteroatoms. The molecule has 0 aliphatic carbocycles. The summed E-state index contributed by atoms with van der Waals surface area (Å²) in [5.41, 5.74) is 1.99. The number of halogens is 1.